The number of para-hydroxylation sites is 1. The number of hydrogen-bond donors (Lipinski definition) is 1. The van der Waals surface area contributed by atoms with Gasteiger partial charge in [0.1, 0.15) is 0 Å². The maximum atomic E-state index is 3.53. The smallest absolute Gasteiger partial charge is 0.0569 e. The molecule has 0 saturated carbocycles. The minimum absolute atomic E-state index is 0.935. The van der Waals surface area contributed by atoms with Crippen LogP contribution in [-0.4, -0.2) is 11.1 Å². The van der Waals surface area contributed by atoms with Gasteiger partial charge in [-0.15, -0.1) is 11.3 Å². The molecule has 0 spiro atoms. The van der Waals surface area contributed by atoms with Crippen molar-refractivity contribution >= 4 is 38.2 Å². The van der Waals surface area contributed by atoms with E-state index in [4.69, 9.17) is 0 Å². The monoisotopic (exact) mass is 362 g/mol. The highest BCUT2D eigenvalue weighted by Crippen LogP contribution is 2.25. The van der Waals surface area contributed by atoms with E-state index in [1.165, 1.54) is 32.2 Å². The number of nitrogens with one attached hydrogen (secondary N) is 1. The Labute approximate surface area is 137 Å². The van der Waals surface area contributed by atoms with Gasteiger partial charge in [0.2, 0.25) is 0 Å². The molecule has 0 aliphatic carbocycles. The largest absolute Gasteiger partial charge is 0.342 e. The van der Waals surface area contributed by atoms with Crippen molar-refractivity contribution in [2.45, 2.75) is 26.4 Å². The number of halogens is 1. The summed E-state index contributed by atoms with van der Waals surface area (Å²) in [7, 11) is 0. The molecule has 0 aliphatic rings. The summed E-state index contributed by atoms with van der Waals surface area (Å²) < 4.78 is 3.53. The van der Waals surface area contributed by atoms with Crippen LogP contribution >= 0.6 is 27.3 Å². The zero-order valence-corrected chi connectivity index (χ0v) is 14.5. The summed E-state index contributed by atoms with van der Waals surface area (Å²) in [6.07, 6.45) is 3.46. The van der Waals surface area contributed by atoms with Crippen molar-refractivity contribution in [1.29, 1.82) is 0 Å². The molecule has 21 heavy (non-hydrogen) atoms. The molecule has 2 heterocycles. The first kappa shape index (κ1) is 14.8. The molecule has 0 saturated heterocycles. The molecule has 1 aromatic carbocycles. The van der Waals surface area contributed by atoms with Crippen LogP contribution in [0.2, 0.25) is 0 Å². The Morgan fingerprint density at radius 3 is 2.90 bits per heavy atom. The summed E-state index contributed by atoms with van der Waals surface area (Å²) >= 11 is 5.33. The SMILES string of the molecule is CCCNCc1cn(Cc2cc(Br)cs2)c2ccccc12. The zero-order valence-electron chi connectivity index (χ0n) is 12.1. The van der Waals surface area contributed by atoms with E-state index >= 15 is 0 Å². The van der Waals surface area contributed by atoms with Crippen LogP contribution in [0.5, 0.6) is 0 Å². The molecule has 3 aromatic rings. The van der Waals surface area contributed by atoms with E-state index in [2.05, 4.69) is 74.6 Å². The number of thiophene rings is 1. The fourth-order valence-electron chi connectivity index (χ4n) is 2.60. The first-order valence-corrected chi connectivity index (χ1v) is 8.95. The van der Waals surface area contributed by atoms with Gasteiger partial charge >= 0.3 is 0 Å². The van der Waals surface area contributed by atoms with E-state index in [1.54, 1.807) is 11.3 Å². The van der Waals surface area contributed by atoms with E-state index in [-0.39, 0.29) is 0 Å². The summed E-state index contributed by atoms with van der Waals surface area (Å²) in [5.74, 6) is 0. The van der Waals surface area contributed by atoms with E-state index in [9.17, 15) is 0 Å². The molecular weight excluding hydrogens is 344 g/mol. The van der Waals surface area contributed by atoms with E-state index in [0.717, 1.165) is 19.6 Å². The van der Waals surface area contributed by atoms with Gasteiger partial charge in [-0.3, -0.25) is 0 Å². The molecule has 0 radical (unpaired) electrons. The summed E-state index contributed by atoms with van der Waals surface area (Å²) in [6.45, 7) is 5.14. The van der Waals surface area contributed by atoms with Gasteiger partial charge in [0.05, 0.1) is 6.54 Å². The lowest BCUT2D eigenvalue weighted by Crippen LogP contribution is -2.13. The molecule has 1 N–H and O–H groups in total. The lowest BCUT2D eigenvalue weighted by atomic mass is 10.2. The fourth-order valence-corrected chi connectivity index (χ4v) is 4.05. The minimum atomic E-state index is 0.935. The van der Waals surface area contributed by atoms with E-state index < -0.39 is 0 Å². The Bertz CT molecular complexity index is 729. The molecule has 0 fully saturated rings. The van der Waals surface area contributed by atoms with Crippen molar-refractivity contribution in [2.24, 2.45) is 0 Å². The lowest BCUT2D eigenvalue weighted by molar-refractivity contribution is 0.675. The third-order valence-corrected chi connectivity index (χ3v) is 5.24. The van der Waals surface area contributed by atoms with Crippen LogP contribution in [0.4, 0.5) is 0 Å². The molecule has 4 heteroatoms. The van der Waals surface area contributed by atoms with Gasteiger partial charge in [0, 0.05) is 38.4 Å². The molecule has 0 atom stereocenters. The van der Waals surface area contributed by atoms with Crippen molar-refractivity contribution in [3.63, 3.8) is 0 Å². The van der Waals surface area contributed by atoms with Crippen molar-refractivity contribution in [2.75, 3.05) is 6.54 Å². The Balaban J connectivity index is 1.90. The Morgan fingerprint density at radius 1 is 1.29 bits per heavy atom. The number of aromatic nitrogens is 1. The Kier molecular flexibility index (Phi) is 4.78. The number of hydrogen-bond acceptors (Lipinski definition) is 2. The quantitative estimate of drug-likeness (QED) is 0.609. The van der Waals surface area contributed by atoms with Crippen LogP contribution < -0.4 is 5.32 Å². The number of nitrogens with zero attached hydrogens (tertiary/aromatic N) is 1. The third-order valence-electron chi connectivity index (χ3n) is 3.56. The summed E-state index contributed by atoms with van der Waals surface area (Å²) in [4.78, 5) is 1.37. The molecular formula is C17H19BrN2S. The first-order chi connectivity index (χ1) is 10.3. The number of rotatable bonds is 6. The van der Waals surface area contributed by atoms with Crippen LogP contribution in [0.3, 0.4) is 0 Å². The van der Waals surface area contributed by atoms with Crippen LogP contribution in [0, 0.1) is 0 Å². The second-order valence-electron chi connectivity index (χ2n) is 5.21. The molecule has 0 bridgehead atoms. The molecule has 2 nitrogen and oxygen atoms in total. The normalized spacial score (nSPS) is 11.3. The maximum absolute atomic E-state index is 3.53. The second kappa shape index (κ2) is 6.77. The summed E-state index contributed by atoms with van der Waals surface area (Å²) in [5, 5.41) is 7.01. The van der Waals surface area contributed by atoms with Crippen molar-refractivity contribution in [3.05, 3.63) is 56.8 Å². The third kappa shape index (κ3) is 3.39. The van der Waals surface area contributed by atoms with Crippen LogP contribution in [0.15, 0.2) is 46.4 Å². The van der Waals surface area contributed by atoms with Gasteiger partial charge in [-0.05, 0) is 46.6 Å². The van der Waals surface area contributed by atoms with Crippen LogP contribution in [0.25, 0.3) is 10.9 Å². The van der Waals surface area contributed by atoms with Gasteiger partial charge < -0.3 is 9.88 Å². The molecule has 3 rings (SSSR count). The lowest BCUT2D eigenvalue weighted by Gasteiger charge is -2.02. The predicted molar refractivity (Wildman–Crippen MR) is 95.1 cm³/mol. The number of benzene rings is 1. The van der Waals surface area contributed by atoms with Crippen molar-refractivity contribution < 1.29 is 0 Å². The molecule has 0 amide bonds. The van der Waals surface area contributed by atoms with Gasteiger partial charge in [-0.25, -0.2) is 0 Å². The average Bonchev–Trinajstić information content (AvgIpc) is 3.05. The zero-order chi connectivity index (χ0) is 14.7. The Morgan fingerprint density at radius 2 is 2.14 bits per heavy atom. The highest BCUT2D eigenvalue weighted by Gasteiger charge is 2.09. The minimum Gasteiger partial charge on any atom is -0.342 e. The van der Waals surface area contributed by atoms with Gasteiger partial charge in [0.25, 0.3) is 0 Å². The van der Waals surface area contributed by atoms with Gasteiger partial charge in [-0.1, -0.05) is 25.1 Å². The number of fused-ring (bicyclic) bond motifs is 1. The molecule has 2 aromatic heterocycles. The first-order valence-electron chi connectivity index (χ1n) is 7.28. The predicted octanol–water partition coefficient (Wildman–Crippen LogP) is 5.01. The van der Waals surface area contributed by atoms with Gasteiger partial charge in [0.15, 0.2) is 0 Å². The van der Waals surface area contributed by atoms with Crippen molar-refractivity contribution in [1.82, 2.24) is 9.88 Å². The van der Waals surface area contributed by atoms with Crippen LogP contribution in [0.1, 0.15) is 23.8 Å². The molecule has 0 unspecified atom stereocenters. The Hall–Kier alpha value is -1.10. The van der Waals surface area contributed by atoms with Gasteiger partial charge in [-0.2, -0.15) is 0 Å². The van der Waals surface area contributed by atoms with Crippen LogP contribution in [-0.2, 0) is 13.1 Å². The van der Waals surface area contributed by atoms with E-state index in [1.807, 2.05) is 0 Å². The summed E-state index contributed by atoms with van der Waals surface area (Å²) in [6, 6.07) is 10.9. The summed E-state index contributed by atoms with van der Waals surface area (Å²) in [5.41, 5.74) is 2.70. The second-order valence-corrected chi connectivity index (χ2v) is 7.12. The van der Waals surface area contributed by atoms with E-state index in [0.29, 0.717) is 0 Å². The van der Waals surface area contributed by atoms with Crippen molar-refractivity contribution in [3.8, 4) is 0 Å². The topological polar surface area (TPSA) is 17.0 Å². The highest BCUT2D eigenvalue weighted by molar-refractivity contribution is 9.10. The standard InChI is InChI=1S/C17H19BrN2S/c1-2-7-19-9-13-10-20(11-15-8-14(18)12-21-15)17-6-4-3-5-16(13)17/h3-6,8,10,12,19H,2,7,9,11H2,1H3. The maximum Gasteiger partial charge on any atom is 0.0569 e. The molecule has 110 valence electrons. The molecule has 0 aliphatic heterocycles. The fraction of sp³-hybridized carbons (Fsp3) is 0.294. The highest BCUT2D eigenvalue weighted by atomic mass is 79.9. The average molecular weight is 363 g/mol.